The highest BCUT2D eigenvalue weighted by Crippen LogP contribution is 2.37. The Bertz CT molecular complexity index is 1250. The summed E-state index contributed by atoms with van der Waals surface area (Å²) in [7, 11) is 0. The van der Waals surface area contributed by atoms with Crippen LogP contribution in [0, 0.1) is 6.92 Å². The minimum Gasteiger partial charge on any atom is -0.508 e. The highest BCUT2D eigenvalue weighted by atomic mass is 16.3. The molecule has 4 N–H and O–H groups in total. The first-order chi connectivity index (χ1) is 16.4. The monoisotopic (exact) mass is 458 g/mol. The highest BCUT2D eigenvalue weighted by molar-refractivity contribution is 6.35. The van der Waals surface area contributed by atoms with Gasteiger partial charge in [0.25, 0.3) is 11.8 Å². The fraction of sp³-hybridized carbons (Fsp3) is 0.259. The molecule has 3 aromatic rings. The SMILES string of the molecule is CCN(CC)CCNC(=O)c1c(C)[nH]c(/C=C2\C(=O)Nc3ccccc32)c1-c1cccc(O)c1. The first kappa shape index (κ1) is 23.3. The lowest BCUT2D eigenvalue weighted by atomic mass is 9.97. The Hall–Kier alpha value is -3.84. The van der Waals surface area contributed by atoms with Gasteiger partial charge in [-0.25, -0.2) is 0 Å². The third kappa shape index (κ3) is 4.61. The second-order valence-electron chi connectivity index (χ2n) is 8.30. The van der Waals surface area contributed by atoms with Gasteiger partial charge >= 0.3 is 0 Å². The van der Waals surface area contributed by atoms with Crippen molar-refractivity contribution >= 4 is 29.2 Å². The number of hydrogen-bond acceptors (Lipinski definition) is 4. The van der Waals surface area contributed by atoms with E-state index >= 15 is 0 Å². The lowest BCUT2D eigenvalue weighted by Crippen LogP contribution is -2.35. The summed E-state index contributed by atoms with van der Waals surface area (Å²) in [5, 5.41) is 16.0. The first-order valence-corrected chi connectivity index (χ1v) is 11.6. The van der Waals surface area contributed by atoms with E-state index in [1.165, 1.54) is 0 Å². The number of anilines is 1. The van der Waals surface area contributed by atoms with Gasteiger partial charge in [-0.3, -0.25) is 9.59 Å². The van der Waals surface area contributed by atoms with E-state index in [1.54, 1.807) is 24.3 Å². The number of aromatic nitrogens is 1. The van der Waals surface area contributed by atoms with Crippen LogP contribution in [0.3, 0.4) is 0 Å². The van der Waals surface area contributed by atoms with Crippen LogP contribution in [-0.2, 0) is 4.79 Å². The molecule has 0 aliphatic carbocycles. The number of H-pyrrole nitrogens is 1. The number of amides is 2. The van der Waals surface area contributed by atoms with Crippen LogP contribution >= 0.6 is 0 Å². The summed E-state index contributed by atoms with van der Waals surface area (Å²) >= 11 is 0. The molecule has 1 aromatic heterocycles. The van der Waals surface area contributed by atoms with Gasteiger partial charge in [-0.15, -0.1) is 0 Å². The number of benzene rings is 2. The molecule has 0 spiro atoms. The van der Waals surface area contributed by atoms with E-state index in [0.717, 1.165) is 30.9 Å². The molecule has 2 amide bonds. The number of carbonyl (C=O) groups excluding carboxylic acids is 2. The van der Waals surface area contributed by atoms with Crippen molar-refractivity contribution in [2.75, 3.05) is 31.5 Å². The van der Waals surface area contributed by atoms with Gasteiger partial charge in [0.15, 0.2) is 0 Å². The van der Waals surface area contributed by atoms with Gasteiger partial charge in [-0.05, 0) is 49.9 Å². The standard InChI is InChI=1S/C27H30N4O3/c1-4-31(5-2)14-13-28-27(34)24-17(3)29-23(25(24)18-9-8-10-19(32)15-18)16-21-20-11-6-7-12-22(20)30-26(21)33/h6-12,15-16,29,32H,4-5,13-14H2,1-3H3,(H,28,34)(H,30,33)/b21-16-. The van der Waals surface area contributed by atoms with Gasteiger partial charge in [0.05, 0.1) is 11.1 Å². The van der Waals surface area contributed by atoms with Gasteiger partial charge < -0.3 is 25.6 Å². The molecule has 0 unspecified atom stereocenters. The second-order valence-corrected chi connectivity index (χ2v) is 8.30. The number of aromatic amines is 1. The average molecular weight is 459 g/mol. The molecule has 34 heavy (non-hydrogen) atoms. The molecule has 1 aliphatic rings. The van der Waals surface area contributed by atoms with Crippen molar-refractivity contribution in [1.29, 1.82) is 0 Å². The van der Waals surface area contributed by atoms with Gasteiger partial charge in [0.2, 0.25) is 0 Å². The molecule has 0 fully saturated rings. The van der Waals surface area contributed by atoms with Crippen LogP contribution in [0.15, 0.2) is 48.5 Å². The predicted molar refractivity (Wildman–Crippen MR) is 136 cm³/mol. The number of carbonyl (C=O) groups is 2. The maximum atomic E-state index is 13.3. The second kappa shape index (κ2) is 9.97. The molecule has 0 atom stereocenters. The summed E-state index contributed by atoms with van der Waals surface area (Å²) in [5.74, 6) is -0.285. The number of fused-ring (bicyclic) bond motifs is 1. The van der Waals surface area contributed by atoms with Crippen LogP contribution in [-0.4, -0.2) is 53.0 Å². The van der Waals surface area contributed by atoms with Gasteiger partial charge in [-0.2, -0.15) is 0 Å². The van der Waals surface area contributed by atoms with Crippen LogP contribution in [0.1, 0.15) is 41.2 Å². The van der Waals surface area contributed by atoms with Gasteiger partial charge in [0, 0.05) is 41.3 Å². The normalized spacial score (nSPS) is 13.9. The number of phenolic OH excluding ortho intramolecular Hbond substituents is 1. The number of aromatic hydroxyl groups is 1. The number of nitrogens with one attached hydrogen (secondary N) is 3. The summed E-state index contributed by atoms with van der Waals surface area (Å²) in [6.45, 7) is 9.17. The smallest absolute Gasteiger partial charge is 0.256 e. The highest BCUT2D eigenvalue weighted by Gasteiger charge is 2.27. The lowest BCUT2D eigenvalue weighted by molar-refractivity contribution is -0.110. The fourth-order valence-corrected chi connectivity index (χ4v) is 4.38. The number of nitrogens with zero attached hydrogens (tertiary/aromatic N) is 1. The molecule has 176 valence electrons. The van der Waals surface area contributed by atoms with E-state index in [-0.39, 0.29) is 17.6 Å². The fourth-order valence-electron chi connectivity index (χ4n) is 4.38. The maximum absolute atomic E-state index is 13.3. The Morgan fingerprint density at radius 2 is 1.88 bits per heavy atom. The molecule has 7 nitrogen and oxygen atoms in total. The molecule has 1 aliphatic heterocycles. The number of hydrogen-bond donors (Lipinski definition) is 4. The molecule has 2 heterocycles. The van der Waals surface area contributed by atoms with E-state index in [9.17, 15) is 14.7 Å². The van der Waals surface area contributed by atoms with Crippen molar-refractivity contribution in [3.63, 3.8) is 0 Å². The van der Waals surface area contributed by atoms with E-state index < -0.39 is 0 Å². The summed E-state index contributed by atoms with van der Waals surface area (Å²) in [4.78, 5) is 31.6. The number of aryl methyl sites for hydroxylation is 1. The predicted octanol–water partition coefficient (Wildman–Crippen LogP) is 4.26. The van der Waals surface area contributed by atoms with Crippen molar-refractivity contribution in [3.05, 3.63) is 71.0 Å². The van der Waals surface area contributed by atoms with Crippen LogP contribution in [0.2, 0.25) is 0 Å². The summed E-state index contributed by atoms with van der Waals surface area (Å²) < 4.78 is 0. The number of para-hydroxylation sites is 1. The van der Waals surface area contributed by atoms with Crippen LogP contribution in [0.5, 0.6) is 5.75 Å². The van der Waals surface area contributed by atoms with Crippen molar-refractivity contribution < 1.29 is 14.7 Å². The third-order valence-corrected chi connectivity index (χ3v) is 6.19. The van der Waals surface area contributed by atoms with Crippen molar-refractivity contribution in [2.24, 2.45) is 0 Å². The molecule has 0 saturated carbocycles. The average Bonchev–Trinajstić information content (AvgIpc) is 3.32. The molecule has 4 rings (SSSR count). The molecule has 0 radical (unpaired) electrons. The zero-order valence-corrected chi connectivity index (χ0v) is 19.7. The minimum absolute atomic E-state index is 0.104. The van der Waals surface area contributed by atoms with Crippen molar-refractivity contribution in [2.45, 2.75) is 20.8 Å². The van der Waals surface area contributed by atoms with Crippen molar-refractivity contribution in [1.82, 2.24) is 15.2 Å². The Morgan fingerprint density at radius 1 is 1.12 bits per heavy atom. The summed E-state index contributed by atoms with van der Waals surface area (Å²) in [6, 6.07) is 14.3. The number of likely N-dealkylation sites (N-methyl/N-ethyl adjacent to an activating group) is 1. The lowest BCUT2D eigenvalue weighted by Gasteiger charge is -2.18. The van der Waals surface area contributed by atoms with E-state index in [2.05, 4.69) is 34.4 Å². The molecule has 7 heteroatoms. The Morgan fingerprint density at radius 3 is 2.62 bits per heavy atom. The number of phenols is 1. The van der Waals surface area contributed by atoms with Crippen LogP contribution in [0.4, 0.5) is 5.69 Å². The van der Waals surface area contributed by atoms with Crippen LogP contribution < -0.4 is 10.6 Å². The van der Waals surface area contributed by atoms with Gasteiger partial charge in [0.1, 0.15) is 5.75 Å². The van der Waals surface area contributed by atoms with E-state index in [4.69, 9.17) is 0 Å². The maximum Gasteiger partial charge on any atom is 0.256 e. The molecular formula is C27H30N4O3. The zero-order valence-electron chi connectivity index (χ0n) is 19.7. The van der Waals surface area contributed by atoms with E-state index in [0.29, 0.717) is 40.2 Å². The van der Waals surface area contributed by atoms with Crippen molar-refractivity contribution in [3.8, 4) is 16.9 Å². The Labute approximate surface area is 199 Å². The topological polar surface area (TPSA) is 97.5 Å². The molecular weight excluding hydrogens is 428 g/mol. The van der Waals surface area contributed by atoms with Crippen LogP contribution in [0.25, 0.3) is 22.8 Å². The number of rotatable bonds is 8. The minimum atomic E-state index is -0.194. The largest absolute Gasteiger partial charge is 0.508 e. The molecule has 0 bridgehead atoms. The Kier molecular flexibility index (Phi) is 6.84. The molecule has 0 saturated heterocycles. The zero-order chi connectivity index (χ0) is 24.2. The molecule has 2 aromatic carbocycles. The third-order valence-electron chi connectivity index (χ3n) is 6.19. The summed E-state index contributed by atoms with van der Waals surface area (Å²) in [5.41, 5.74) is 5.27. The summed E-state index contributed by atoms with van der Waals surface area (Å²) in [6.07, 6.45) is 1.78. The first-order valence-electron chi connectivity index (χ1n) is 11.6. The van der Waals surface area contributed by atoms with E-state index in [1.807, 2.05) is 37.3 Å². The Balaban J connectivity index is 1.77. The quantitative estimate of drug-likeness (QED) is 0.379. The van der Waals surface area contributed by atoms with Gasteiger partial charge in [-0.1, -0.05) is 44.2 Å².